The van der Waals surface area contributed by atoms with Crippen LogP contribution < -0.4 is 0 Å². The first-order valence-electron chi connectivity index (χ1n) is 8.82. The van der Waals surface area contributed by atoms with Crippen molar-refractivity contribution in [2.24, 2.45) is 0 Å². The molecule has 1 amide bonds. The Labute approximate surface area is 153 Å². The van der Waals surface area contributed by atoms with Gasteiger partial charge in [-0.25, -0.2) is 4.39 Å². The average molecular weight is 370 g/mol. The summed E-state index contributed by atoms with van der Waals surface area (Å²) in [4.78, 5) is 18.9. The lowest BCUT2D eigenvalue weighted by atomic mass is 10.1. The molecule has 1 aromatic rings. The van der Waals surface area contributed by atoms with Crippen LogP contribution in [0.5, 0.6) is 0 Å². The van der Waals surface area contributed by atoms with Crippen molar-refractivity contribution in [3.63, 3.8) is 0 Å². The zero-order valence-corrected chi connectivity index (χ0v) is 15.3. The Morgan fingerprint density at radius 3 is 2.52 bits per heavy atom. The van der Waals surface area contributed by atoms with E-state index in [-0.39, 0.29) is 17.8 Å². The quantitative estimate of drug-likeness (QED) is 0.811. The molecule has 0 N–H and O–H groups in total. The summed E-state index contributed by atoms with van der Waals surface area (Å²) in [5.41, 5.74) is 0.551. The molecule has 0 radical (unpaired) electrons. The molecule has 0 saturated carbocycles. The Bertz CT molecular complexity index is 582. The molecule has 5 nitrogen and oxygen atoms in total. The summed E-state index contributed by atoms with van der Waals surface area (Å²) < 4.78 is 19.2. The van der Waals surface area contributed by atoms with Crippen molar-refractivity contribution in [2.75, 3.05) is 52.5 Å². The highest BCUT2D eigenvalue weighted by Crippen LogP contribution is 2.21. The fraction of sp³-hybridized carbons (Fsp3) is 0.611. The average Bonchev–Trinajstić information content (AvgIpc) is 2.65. The Hall–Kier alpha value is -1.21. The van der Waals surface area contributed by atoms with Crippen LogP contribution in [0.3, 0.4) is 0 Å². The van der Waals surface area contributed by atoms with Gasteiger partial charge >= 0.3 is 0 Å². The monoisotopic (exact) mass is 369 g/mol. The van der Waals surface area contributed by atoms with Gasteiger partial charge in [-0.05, 0) is 19.1 Å². The third-order valence-corrected chi connectivity index (χ3v) is 5.43. The van der Waals surface area contributed by atoms with Crippen LogP contribution in [-0.2, 0) is 16.1 Å². The van der Waals surface area contributed by atoms with Gasteiger partial charge in [-0.2, -0.15) is 0 Å². The summed E-state index contributed by atoms with van der Waals surface area (Å²) in [5, 5.41) is 0.471. The Morgan fingerprint density at radius 1 is 1.20 bits per heavy atom. The minimum atomic E-state index is -0.259. The molecule has 2 aliphatic rings. The fourth-order valence-corrected chi connectivity index (χ4v) is 3.64. The van der Waals surface area contributed by atoms with Crippen molar-refractivity contribution >= 4 is 17.5 Å². The maximum absolute atomic E-state index is 13.9. The van der Waals surface area contributed by atoms with Gasteiger partial charge < -0.3 is 9.64 Å². The van der Waals surface area contributed by atoms with Crippen LogP contribution in [0, 0.1) is 5.82 Å². The maximum atomic E-state index is 13.9. The molecular weight excluding hydrogens is 345 g/mol. The SMILES string of the molecule is C[C@H](C(=O)N1CCOCC1)N1CCN(Cc2c(F)cccc2Cl)CC1. The standard InChI is InChI=1S/C18H25ClFN3O2/c1-14(18(24)23-9-11-25-12-10-23)22-7-5-21(6-8-22)13-15-16(19)3-2-4-17(15)20/h2-4,14H,5-13H2,1H3/t14-/m1/s1. The predicted molar refractivity (Wildman–Crippen MR) is 95.1 cm³/mol. The summed E-state index contributed by atoms with van der Waals surface area (Å²) in [6.45, 7) is 8.25. The van der Waals surface area contributed by atoms with Crippen molar-refractivity contribution in [3.8, 4) is 0 Å². The first kappa shape index (κ1) is 18.6. The van der Waals surface area contributed by atoms with Crippen LogP contribution in [-0.4, -0.2) is 79.1 Å². The van der Waals surface area contributed by atoms with E-state index in [9.17, 15) is 9.18 Å². The number of halogens is 2. The topological polar surface area (TPSA) is 36.0 Å². The van der Waals surface area contributed by atoms with Crippen LogP contribution in [0.1, 0.15) is 12.5 Å². The molecule has 1 atom stereocenters. The summed E-state index contributed by atoms with van der Waals surface area (Å²) >= 11 is 6.12. The summed E-state index contributed by atoms with van der Waals surface area (Å²) in [5.74, 6) is -0.0836. The van der Waals surface area contributed by atoms with Crippen molar-refractivity contribution in [1.29, 1.82) is 0 Å². The van der Waals surface area contributed by atoms with E-state index in [2.05, 4.69) is 9.80 Å². The Balaban J connectivity index is 1.52. The molecule has 0 aliphatic carbocycles. The highest BCUT2D eigenvalue weighted by Gasteiger charge is 2.29. The number of morpholine rings is 1. The molecule has 2 fully saturated rings. The van der Waals surface area contributed by atoms with Gasteiger partial charge in [0.15, 0.2) is 0 Å². The zero-order valence-electron chi connectivity index (χ0n) is 14.6. The van der Waals surface area contributed by atoms with E-state index in [1.54, 1.807) is 12.1 Å². The number of ether oxygens (including phenoxy) is 1. The lowest BCUT2D eigenvalue weighted by Gasteiger charge is -2.39. The Kier molecular flexibility index (Phi) is 6.28. The molecule has 0 spiro atoms. The summed E-state index contributed by atoms with van der Waals surface area (Å²) in [6.07, 6.45) is 0. The molecule has 2 saturated heterocycles. The van der Waals surface area contributed by atoms with Crippen LogP contribution >= 0.6 is 11.6 Å². The predicted octanol–water partition coefficient (Wildman–Crippen LogP) is 1.84. The molecular formula is C18H25ClFN3O2. The molecule has 25 heavy (non-hydrogen) atoms. The summed E-state index contributed by atoms with van der Waals surface area (Å²) in [7, 11) is 0. The van der Waals surface area contributed by atoms with Crippen molar-refractivity contribution in [2.45, 2.75) is 19.5 Å². The van der Waals surface area contributed by atoms with Gasteiger partial charge in [-0.3, -0.25) is 14.6 Å². The minimum Gasteiger partial charge on any atom is -0.378 e. The van der Waals surface area contributed by atoms with Gasteiger partial charge in [-0.15, -0.1) is 0 Å². The second-order valence-corrected chi connectivity index (χ2v) is 7.03. The molecule has 0 unspecified atom stereocenters. The molecule has 3 rings (SSSR count). The summed E-state index contributed by atoms with van der Waals surface area (Å²) in [6, 6.07) is 4.66. The second-order valence-electron chi connectivity index (χ2n) is 6.63. The van der Waals surface area contributed by atoms with E-state index in [0.29, 0.717) is 43.4 Å². The normalized spacial score (nSPS) is 21.3. The number of hydrogen-bond acceptors (Lipinski definition) is 4. The van der Waals surface area contributed by atoms with Gasteiger partial charge in [0.1, 0.15) is 5.82 Å². The molecule has 2 aliphatic heterocycles. The maximum Gasteiger partial charge on any atom is 0.239 e. The largest absolute Gasteiger partial charge is 0.378 e. The van der Waals surface area contributed by atoms with Gasteiger partial charge in [0.05, 0.1) is 19.3 Å². The molecule has 0 aromatic heterocycles. The number of hydrogen-bond donors (Lipinski definition) is 0. The first-order valence-corrected chi connectivity index (χ1v) is 9.20. The van der Waals surface area contributed by atoms with Gasteiger partial charge in [0.2, 0.25) is 5.91 Å². The Morgan fingerprint density at radius 2 is 1.88 bits per heavy atom. The molecule has 138 valence electrons. The van der Waals surface area contributed by atoms with E-state index < -0.39 is 0 Å². The van der Waals surface area contributed by atoms with Crippen LogP contribution in [0.15, 0.2) is 18.2 Å². The van der Waals surface area contributed by atoms with Gasteiger partial charge in [0, 0.05) is 56.4 Å². The molecule has 1 aromatic carbocycles. The van der Waals surface area contributed by atoms with E-state index in [1.165, 1.54) is 6.07 Å². The fourth-order valence-electron chi connectivity index (χ4n) is 3.42. The van der Waals surface area contributed by atoms with Crippen LogP contribution in [0.4, 0.5) is 4.39 Å². The number of carbonyl (C=O) groups excluding carboxylic acids is 1. The van der Waals surface area contributed by atoms with Crippen LogP contribution in [0.25, 0.3) is 0 Å². The number of carbonyl (C=O) groups is 1. The number of rotatable bonds is 4. The van der Waals surface area contributed by atoms with E-state index >= 15 is 0 Å². The minimum absolute atomic E-state index is 0.128. The van der Waals surface area contributed by atoms with E-state index in [4.69, 9.17) is 16.3 Å². The lowest BCUT2D eigenvalue weighted by Crippen LogP contribution is -2.55. The number of piperazine rings is 1. The number of benzene rings is 1. The third kappa shape index (κ3) is 4.50. The lowest BCUT2D eigenvalue weighted by molar-refractivity contribution is -0.141. The van der Waals surface area contributed by atoms with Crippen molar-refractivity contribution in [1.82, 2.24) is 14.7 Å². The molecule has 7 heteroatoms. The zero-order chi connectivity index (χ0) is 17.8. The van der Waals surface area contributed by atoms with Gasteiger partial charge in [0.25, 0.3) is 0 Å². The van der Waals surface area contributed by atoms with E-state index in [0.717, 1.165) is 26.2 Å². The van der Waals surface area contributed by atoms with Crippen molar-refractivity contribution in [3.05, 3.63) is 34.6 Å². The second kappa shape index (κ2) is 8.45. The number of amides is 1. The number of nitrogens with zero attached hydrogens (tertiary/aromatic N) is 3. The molecule has 2 heterocycles. The smallest absolute Gasteiger partial charge is 0.239 e. The van der Waals surface area contributed by atoms with Gasteiger partial charge in [-0.1, -0.05) is 17.7 Å². The van der Waals surface area contributed by atoms with Crippen LogP contribution in [0.2, 0.25) is 5.02 Å². The third-order valence-electron chi connectivity index (χ3n) is 5.08. The molecule has 0 bridgehead atoms. The first-order chi connectivity index (χ1) is 12.1. The highest BCUT2D eigenvalue weighted by atomic mass is 35.5. The van der Waals surface area contributed by atoms with Crippen molar-refractivity contribution < 1.29 is 13.9 Å². The highest BCUT2D eigenvalue weighted by molar-refractivity contribution is 6.31. The van der Waals surface area contributed by atoms with E-state index in [1.807, 2.05) is 11.8 Å².